The molecule has 5 nitrogen and oxygen atoms in total. The molecule has 3 aromatic rings. The number of hydrogen-bond donors (Lipinski definition) is 0. The van der Waals surface area contributed by atoms with Gasteiger partial charge >= 0.3 is 12.1 Å². The third-order valence-corrected chi connectivity index (χ3v) is 5.38. The predicted molar refractivity (Wildman–Crippen MR) is 87.5 cm³/mol. The molecule has 0 fully saturated rings. The van der Waals surface area contributed by atoms with Crippen molar-refractivity contribution in [3.8, 4) is 10.7 Å². The number of thiophene rings is 1. The highest BCUT2D eigenvalue weighted by molar-refractivity contribution is 7.15. The van der Waals surface area contributed by atoms with E-state index in [0.717, 1.165) is 10.4 Å². The molecule has 0 aliphatic carbocycles. The second-order valence-electron chi connectivity index (χ2n) is 5.94. The van der Waals surface area contributed by atoms with Crippen LogP contribution in [0.4, 0.5) is 17.6 Å². The Morgan fingerprint density at radius 2 is 2.04 bits per heavy atom. The van der Waals surface area contributed by atoms with Gasteiger partial charge in [0, 0.05) is 18.0 Å². The van der Waals surface area contributed by atoms with Crippen molar-refractivity contribution in [3.63, 3.8) is 0 Å². The molecule has 0 radical (unpaired) electrons. The fourth-order valence-electron chi connectivity index (χ4n) is 2.86. The molecule has 1 aliphatic rings. The van der Waals surface area contributed by atoms with Gasteiger partial charge in [-0.1, -0.05) is 17.3 Å². The van der Waals surface area contributed by atoms with Crippen LogP contribution in [0.25, 0.3) is 10.7 Å². The molecule has 0 atom stereocenters. The van der Waals surface area contributed by atoms with Crippen molar-refractivity contribution in [3.05, 3.63) is 58.0 Å². The number of carbonyl (C=O) groups is 1. The first-order valence-corrected chi connectivity index (χ1v) is 8.71. The van der Waals surface area contributed by atoms with Crippen LogP contribution in [0, 0.1) is 5.82 Å². The Bertz CT molecular complexity index is 1010. The maximum atomic E-state index is 13.9. The Morgan fingerprint density at radius 1 is 1.26 bits per heavy atom. The van der Waals surface area contributed by atoms with Crippen LogP contribution in [0.2, 0.25) is 0 Å². The molecule has 1 amide bonds. The van der Waals surface area contributed by atoms with E-state index in [1.54, 1.807) is 12.1 Å². The van der Waals surface area contributed by atoms with E-state index in [1.807, 2.05) is 0 Å². The van der Waals surface area contributed by atoms with Crippen LogP contribution in [-0.2, 0) is 19.1 Å². The van der Waals surface area contributed by atoms with E-state index in [0.29, 0.717) is 17.8 Å². The third kappa shape index (κ3) is 3.32. The SMILES string of the molecule is O=C(c1ccccc1F)N1CCc2sc(-c3noc(C(F)(F)F)n3)cc2C1. The van der Waals surface area contributed by atoms with Gasteiger partial charge in [-0.2, -0.15) is 18.2 Å². The minimum atomic E-state index is -4.70. The third-order valence-electron chi connectivity index (χ3n) is 4.15. The van der Waals surface area contributed by atoms with Crippen molar-refractivity contribution >= 4 is 17.2 Å². The van der Waals surface area contributed by atoms with Gasteiger partial charge in [0.15, 0.2) is 0 Å². The molecular weight excluding hydrogens is 386 g/mol. The number of alkyl halides is 3. The number of rotatable bonds is 2. The summed E-state index contributed by atoms with van der Waals surface area (Å²) >= 11 is 1.26. The summed E-state index contributed by atoms with van der Waals surface area (Å²) in [4.78, 5) is 18.8. The molecule has 0 bridgehead atoms. The van der Waals surface area contributed by atoms with E-state index in [4.69, 9.17) is 0 Å². The fraction of sp³-hybridized carbons (Fsp3) is 0.235. The van der Waals surface area contributed by atoms with Gasteiger partial charge in [0.2, 0.25) is 5.82 Å². The largest absolute Gasteiger partial charge is 0.471 e. The van der Waals surface area contributed by atoms with Crippen LogP contribution in [0.3, 0.4) is 0 Å². The zero-order valence-electron chi connectivity index (χ0n) is 13.6. The van der Waals surface area contributed by atoms with Gasteiger partial charge in [-0.25, -0.2) is 4.39 Å². The Labute approximate surface area is 154 Å². The first kappa shape index (κ1) is 17.7. The highest BCUT2D eigenvalue weighted by Gasteiger charge is 2.39. The molecule has 140 valence electrons. The van der Waals surface area contributed by atoms with Crippen molar-refractivity contribution in [2.75, 3.05) is 6.54 Å². The zero-order chi connectivity index (χ0) is 19.2. The minimum absolute atomic E-state index is 0.00982. The average molecular weight is 397 g/mol. The standard InChI is InChI=1S/C17H11F4N3O2S/c18-11-4-2-1-3-10(11)15(25)24-6-5-12-9(8-24)7-13(27-12)14-22-16(26-23-14)17(19,20)21/h1-4,7H,5-6,8H2. The number of halogens is 4. The molecule has 1 aliphatic heterocycles. The summed E-state index contributed by atoms with van der Waals surface area (Å²) in [6, 6.07) is 7.38. The van der Waals surface area contributed by atoms with Crippen molar-refractivity contribution in [1.29, 1.82) is 0 Å². The number of hydrogen-bond acceptors (Lipinski definition) is 5. The lowest BCUT2D eigenvalue weighted by Gasteiger charge is -2.27. The molecule has 0 saturated heterocycles. The molecule has 0 N–H and O–H groups in total. The maximum Gasteiger partial charge on any atom is 0.471 e. The monoisotopic (exact) mass is 397 g/mol. The van der Waals surface area contributed by atoms with E-state index < -0.39 is 23.8 Å². The summed E-state index contributed by atoms with van der Waals surface area (Å²) in [5, 5.41) is 3.38. The van der Waals surface area contributed by atoms with Crippen molar-refractivity contribution in [2.24, 2.45) is 0 Å². The smallest absolute Gasteiger partial charge is 0.334 e. The van der Waals surface area contributed by atoms with E-state index in [1.165, 1.54) is 34.4 Å². The molecule has 4 rings (SSSR count). The predicted octanol–water partition coefficient (Wildman–Crippen LogP) is 4.15. The van der Waals surface area contributed by atoms with Gasteiger partial charge in [0.25, 0.3) is 5.91 Å². The molecule has 0 spiro atoms. The van der Waals surface area contributed by atoms with Crippen molar-refractivity contribution < 1.29 is 26.9 Å². The Morgan fingerprint density at radius 3 is 2.74 bits per heavy atom. The van der Waals surface area contributed by atoms with Crippen LogP contribution in [0.5, 0.6) is 0 Å². The highest BCUT2D eigenvalue weighted by Crippen LogP contribution is 2.35. The van der Waals surface area contributed by atoms with Crippen LogP contribution >= 0.6 is 11.3 Å². The summed E-state index contributed by atoms with van der Waals surface area (Å²) in [5.41, 5.74) is 0.772. The lowest BCUT2D eigenvalue weighted by molar-refractivity contribution is -0.159. The number of amides is 1. The maximum absolute atomic E-state index is 13.9. The van der Waals surface area contributed by atoms with Gasteiger partial charge in [-0.05, 0) is 30.2 Å². The Balaban J connectivity index is 1.57. The second kappa shape index (κ2) is 6.45. The molecule has 2 aromatic heterocycles. The lowest BCUT2D eigenvalue weighted by atomic mass is 10.1. The first-order chi connectivity index (χ1) is 12.8. The molecule has 3 heterocycles. The summed E-state index contributed by atoms with van der Waals surface area (Å²) in [5.74, 6) is -2.56. The Hall–Kier alpha value is -2.75. The minimum Gasteiger partial charge on any atom is -0.334 e. The van der Waals surface area contributed by atoms with Crippen molar-refractivity contribution in [1.82, 2.24) is 15.0 Å². The average Bonchev–Trinajstić information content (AvgIpc) is 3.27. The summed E-state index contributed by atoms with van der Waals surface area (Å²) in [6.07, 6.45) is -4.19. The van der Waals surface area contributed by atoms with E-state index in [9.17, 15) is 22.4 Å². The normalized spacial score (nSPS) is 14.3. The summed E-state index contributed by atoms with van der Waals surface area (Å²) < 4.78 is 55.9. The second-order valence-corrected chi connectivity index (χ2v) is 7.07. The highest BCUT2D eigenvalue weighted by atomic mass is 32.1. The van der Waals surface area contributed by atoms with E-state index >= 15 is 0 Å². The number of carbonyl (C=O) groups excluding carboxylic acids is 1. The Kier molecular flexibility index (Phi) is 4.22. The van der Waals surface area contributed by atoms with Crippen LogP contribution < -0.4 is 0 Å². The quantitative estimate of drug-likeness (QED) is 0.610. The number of benzene rings is 1. The summed E-state index contributed by atoms with van der Waals surface area (Å²) in [6.45, 7) is 0.628. The van der Waals surface area contributed by atoms with Gasteiger partial charge < -0.3 is 9.42 Å². The van der Waals surface area contributed by atoms with Crippen LogP contribution in [-0.4, -0.2) is 27.5 Å². The lowest BCUT2D eigenvalue weighted by Crippen LogP contribution is -2.35. The van der Waals surface area contributed by atoms with Gasteiger partial charge in [-0.15, -0.1) is 11.3 Å². The fourth-order valence-corrected chi connectivity index (χ4v) is 3.95. The topological polar surface area (TPSA) is 59.2 Å². The van der Waals surface area contributed by atoms with E-state index in [-0.39, 0.29) is 17.9 Å². The van der Waals surface area contributed by atoms with Crippen LogP contribution in [0.1, 0.15) is 26.7 Å². The number of aromatic nitrogens is 2. The zero-order valence-corrected chi connectivity index (χ0v) is 14.4. The van der Waals surface area contributed by atoms with Gasteiger partial charge in [0.1, 0.15) is 5.82 Å². The van der Waals surface area contributed by atoms with Crippen molar-refractivity contribution in [2.45, 2.75) is 19.1 Å². The summed E-state index contributed by atoms with van der Waals surface area (Å²) in [7, 11) is 0. The molecule has 1 aromatic carbocycles. The molecular formula is C17H11F4N3O2S. The van der Waals surface area contributed by atoms with E-state index in [2.05, 4.69) is 14.7 Å². The molecule has 0 saturated carbocycles. The number of nitrogens with zero attached hydrogens (tertiary/aromatic N) is 3. The first-order valence-electron chi connectivity index (χ1n) is 7.89. The van der Waals surface area contributed by atoms with Gasteiger partial charge in [0.05, 0.1) is 10.4 Å². The van der Waals surface area contributed by atoms with Crippen LogP contribution in [0.15, 0.2) is 34.9 Å². The number of fused-ring (bicyclic) bond motifs is 1. The molecule has 27 heavy (non-hydrogen) atoms. The molecule has 0 unspecified atom stereocenters. The molecule has 10 heteroatoms. The van der Waals surface area contributed by atoms with Gasteiger partial charge in [-0.3, -0.25) is 4.79 Å².